The fourth-order valence-electron chi connectivity index (χ4n) is 1.42. The van der Waals surface area contributed by atoms with Gasteiger partial charge in [0.05, 0.1) is 12.5 Å². The van der Waals surface area contributed by atoms with Crippen molar-refractivity contribution in [3.63, 3.8) is 0 Å². The number of ether oxygens (including phenoxy) is 1. The minimum absolute atomic E-state index is 0.0854. The Morgan fingerprint density at radius 1 is 1.31 bits per heavy atom. The predicted molar refractivity (Wildman–Crippen MR) is 64.0 cm³/mol. The van der Waals surface area contributed by atoms with Crippen molar-refractivity contribution in [3.8, 4) is 0 Å². The van der Waals surface area contributed by atoms with Crippen LogP contribution in [0.5, 0.6) is 0 Å². The van der Waals surface area contributed by atoms with E-state index in [1.54, 1.807) is 0 Å². The van der Waals surface area contributed by atoms with Crippen molar-refractivity contribution in [2.45, 2.75) is 39.3 Å². The number of hydrogen-bond donors (Lipinski definition) is 1. The summed E-state index contributed by atoms with van der Waals surface area (Å²) in [6, 6.07) is 7.59. The Hall–Kier alpha value is -1.35. The van der Waals surface area contributed by atoms with Gasteiger partial charge in [0.1, 0.15) is 0 Å². The molecule has 0 saturated heterocycles. The minimum atomic E-state index is -0.285. The first-order chi connectivity index (χ1) is 7.49. The molecule has 1 aromatic rings. The number of nitrogens with two attached hydrogens (primary N) is 1. The Kier molecular flexibility index (Phi) is 4.50. The molecular weight excluding hydrogens is 202 g/mol. The van der Waals surface area contributed by atoms with Gasteiger partial charge in [-0.15, -0.1) is 0 Å². The Bertz CT molecular complexity index is 343. The number of rotatable bonds is 4. The van der Waals surface area contributed by atoms with Crippen LogP contribution in [0, 0.1) is 6.92 Å². The van der Waals surface area contributed by atoms with Crippen LogP contribution in [0.1, 0.15) is 37.4 Å². The standard InChI is InChI=1S/C13H19NO2/c1-9(2)16-13(15)8-12(14)11-6-4-10(3)5-7-11/h4-7,9,12H,8,14H2,1-3H3/t12-/m1/s1. The second-order valence-corrected chi connectivity index (χ2v) is 4.26. The van der Waals surface area contributed by atoms with Crippen LogP contribution in [-0.4, -0.2) is 12.1 Å². The maximum Gasteiger partial charge on any atom is 0.307 e. The second kappa shape index (κ2) is 5.66. The highest BCUT2D eigenvalue weighted by Crippen LogP contribution is 2.15. The molecule has 16 heavy (non-hydrogen) atoms. The van der Waals surface area contributed by atoms with Gasteiger partial charge < -0.3 is 10.5 Å². The van der Waals surface area contributed by atoms with Gasteiger partial charge in [-0.05, 0) is 26.3 Å². The van der Waals surface area contributed by atoms with E-state index >= 15 is 0 Å². The molecule has 3 nitrogen and oxygen atoms in total. The molecule has 0 aliphatic rings. The Balaban J connectivity index is 2.55. The lowest BCUT2D eigenvalue weighted by Crippen LogP contribution is -2.19. The quantitative estimate of drug-likeness (QED) is 0.794. The molecule has 0 aliphatic carbocycles. The summed E-state index contributed by atoms with van der Waals surface area (Å²) in [6.07, 6.45) is 0.138. The third-order valence-corrected chi connectivity index (χ3v) is 2.26. The molecule has 0 unspecified atom stereocenters. The topological polar surface area (TPSA) is 52.3 Å². The van der Waals surface area contributed by atoms with E-state index in [2.05, 4.69) is 0 Å². The van der Waals surface area contributed by atoms with E-state index in [1.807, 2.05) is 45.0 Å². The molecule has 3 heteroatoms. The van der Waals surface area contributed by atoms with Crippen LogP contribution in [0.3, 0.4) is 0 Å². The number of esters is 1. The minimum Gasteiger partial charge on any atom is -0.463 e. The maximum absolute atomic E-state index is 11.4. The molecule has 2 N–H and O–H groups in total. The normalized spacial score (nSPS) is 12.6. The van der Waals surface area contributed by atoms with Crippen molar-refractivity contribution in [1.29, 1.82) is 0 Å². The summed E-state index contributed by atoms with van der Waals surface area (Å²) in [5.74, 6) is -0.247. The molecule has 0 aliphatic heterocycles. The van der Waals surface area contributed by atoms with E-state index in [9.17, 15) is 4.79 Å². The third kappa shape index (κ3) is 4.03. The zero-order valence-electron chi connectivity index (χ0n) is 10.1. The first-order valence-corrected chi connectivity index (χ1v) is 5.50. The Labute approximate surface area is 96.6 Å². The summed E-state index contributed by atoms with van der Waals surface area (Å²) < 4.78 is 5.05. The average Bonchev–Trinajstić information content (AvgIpc) is 2.16. The van der Waals surface area contributed by atoms with Crippen LogP contribution >= 0.6 is 0 Å². The van der Waals surface area contributed by atoms with Crippen LogP contribution < -0.4 is 5.73 Å². The van der Waals surface area contributed by atoms with E-state index < -0.39 is 0 Å². The molecule has 88 valence electrons. The SMILES string of the molecule is Cc1ccc([C@H](N)CC(=O)OC(C)C)cc1. The summed E-state index contributed by atoms with van der Waals surface area (Å²) in [7, 11) is 0. The van der Waals surface area contributed by atoms with Gasteiger partial charge in [0.15, 0.2) is 0 Å². The highest BCUT2D eigenvalue weighted by Gasteiger charge is 2.13. The van der Waals surface area contributed by atoms with Crippen molar-refractivity contribution in [3.05, 3.63) is 35.4 Å². The van der Waals surface area contributed by atoms with Gasteiger partial charge in [0, 0.05) is 6.04 Å². The van der Waals surface area contributed by atoms with E-state index in [0.717, 1.165) is 5.56 Å². The Morgan fingerprint density at radius 2 is 1.88 bits per heavy atom. The predicted octanol–water partition coefficient (Wildman–Crippen LogP) is 2.34. The van der Waals surface area contributed by atoms with E-state index in [0.29, 0.717) is 0 Å². The molecular formula is C13H19NO2. The third-order valence-electron chi connectivity index (χ3n) is 2.26. The number of carbonyl (C=O) groups excluding carboxylic acids is 1. The van der Waals surface area contributed by atoms with Crippen molar-refractivity contribution in [1.82, 2.24) is 0 Å². The highest BCUT2D eigenvalue weighted by atomic mass is 16.5. The van der Waals surface area contributed by atoms with Crippen LogP contribution in [0.2, 0.25) is 0 Å². The summed E-state index contributed by atoms with van der Waals surface area (Å²) >= 11 is 0. The first kappa shape index (κ1) is 12.7. The van der Waals surface area contributed by atoms with Crippen molar-refractivity contribution in [2.24, 2.45) is 5.73 Å². The number of carbonyl (C=O) groups is 1. The molecule has 0 saturated carbocycles. The number of hydrogen-bond acceptors (Lipinski definition) is 3. The largest absolute Gasteiger partial charge is 0.463 e. The molecule has 0 radical (unpaired) electrons. The van der Waals surface area contributed by atoms with E-state index in [1.165, 1.54) is 5.56 Å². The monoisotopic (exact) mass is 221 g/mol. The summed E-state index contributed by atoms with van der Waals surface area (Å²) in [4.78, 5) is 11.4. The lowest BCUT2D eigenvalue weighted by Gasteiger charge is -2.13. The number of aryl methyl sites for hydroxylation is 1. The van der Waals surface area contributed by atoms with Gasteiger partial charge in [-0.2, -0.15) is 0 Å². The molecule has 0 spiro atoms. The zero-order valence-corrected chi connectivity index (χ0v) is 10.1. The zero-order chi connectivity index (χ0) is 12.1. The second-order valence-electron chi connectivity index (χ2n) is 4.26. The Morgan fingerprint density at radius 3 is 2.38 bits per heavy atom. The van der Waals surface area contributed by atoms with Crippen LogP contribution in [-0.2, 0) is 9.53 Å². The molecule has 1 rings (SSSR count). The molecule has 0 heterocycles. The fraction of sp³-hybridized carbons (Fsp3) is 0.462. The van der Waals surface area contributed by atoms with Gasteiger partial charge in [-0.25, -0.2) is 0 Å². The summed E-state index contributed by atoms with van der Waals surface area (Å²) in [5.41, 5.74) is 8.07. The molecule has 0 bridgehead atoms. The number of benzene rings is 1. The van der Waals surface area contributed by atoms with Gasteiger partial charge in [0.2, 0.25) is 0 Å². The molecule has 0 amide bonds. The van der Waals surface area contributed by atoms with Crippen LogP contribution in [0.4, 0.5) is 0 Å². The molecule has 1 aromatic carbocycles. The van der Waals surface area contributed by atoms with Crippen LogP contribution in [0.15, 0.2) is 24.3 Å². The van der Waals surface area contributed by atoms with Gasteiger partial charge in [-0.1, -0.05) is 29.8 Å². The van der Waals surface area contributed by atoms with Crippen molar-refractivity contribution in [2.75, 3.05) is 0 Å². The van der Waals surface area contributed by atoms with Gasteiger partial charge in [-0.3, -0.25) is 4.79 Å². The highest BCUT2D eigenvalue weighted by molar-refractivity contribution is 5.70. The smallest absolute Gasteiger partial charge is 0.307 e. The average molecular weight is 221 g/mol. The molecule has 0 fully saturated rings. The molecule has 1 atom stereocenters. The first-order valence-electron chi connectivity index (χ1n) is 5.50. The summed E-state index contributed by atoms with van der Waals surface area (Å²) in [6.45, 7) is 5.67. The maximum atomic E-state index is 11.4. The van der Waals surface area contributed by atoms with E-state index in [-0.39, 0.29) is 24.5 Å². The van der Waals surface area contributed by atoms with Gasteiger partial charge in [0.25, 0.3) is 0 Å². The van der Waals surface area contributed by atoms with E-state index in [4.69, 9.17) is 10.5 Å². The van der Waals surface area contributed by atoms with Crippen molar-refractivity contribution < 1.29 is 9.53 Å². The van der Waals surface area contributed by atoms with Gasteiger partial charge >= 0.3 is 5.97 Å². The lowest BCUT2D eigenvalue weighted by atomic mass is 10.0. The van der Waals surface area contributed by atoms with Crippen molar-refractivity contribution >= 4 is 5.97 Å². The molecule has 0 aromatic heterocycles. The van der Waals surface area contributed by atoms with Crippen LogP contribution in [0.25, 0.3) is 0 Å². The lowest BCUT2D eigenvalue weighted by molar-refractivity contribution is -0.147. The fourth-order valence-corrected chi connectivity index (χ4v) is 1.42. The summed E-state index contributed by atoms with van der Waals surface area (Å²) in [5, 5.41) is 0.